The molecule has 1 aliphatic rings. The largest absolute Gasteiger partial charge is 0.487 e. The zero-order valence-corrected chi connectivity index (χ0v) is 14.7. The van der Waals surface area contributed by atoms with Crippen LogP contribution in [-0.2, 0) is 6.61 Å². The molecule has 1 aromatic heterocycles. The number of ether oxygens (including phenoxy) is 1. The van der Waals surface area contributed by atoms with Crippen molar-refractivity contribution in [2.24, 2.45) is 0 Å². The molecule has 26 heavy (non-hydrogen) atoms. The minimum Gasteiger partial charge on any atom is -0.487 e. The molecule has 7 heteroatoms. The van der Waals surface area contributed by atoms with Crippen LogP contribution in [-0.4, -0.2) is 38.9 Å². The smallest absolute Gasteiger partial charge is 0.255 e. The molecule has 2 aromatic carbocycles. The van der Waals surface area contributed by atoms with Crippen LogP contribution in [0.5, 0.6) is 5.75 Å². The van der Waals surface area contributed by atoms with Crippen LogP contribution in [0.1, 0.15) is 22.1 Å². The van der Waals surface area contributed by atoms with Gasteiger partial charge in [-0.3, -0.25) is 4.79 Å². The highest BCUT2D eigenvalue weighted by Gasteiger charge is 2.33. The van der Waals surface area contributed by atoms with Crippen LogP contribution in [0.2, 0.25) is 5.02 Å². The van der Waals surface area contributed by atoms with Gasteiger partial charge in [0.25, 0.3) is 5.91 Å². The molecule has 0 aliphatic carbocycles. The van der Waals surface area contributed by atoms with Crippen LogP contribution in [0.25, 0.3) is 0 Å². The molecule has 1 aliphatic heterocycles. The molecule has 0 spiro atoms. The topological polar surface area (TPSA) is 60.2 Å². The molecule has 1 amide bonds. The maximum atomic E-state index is 12.5. The minimum atomic E-state index is -0.0559. The first-order valence-electron chi connectivity index (χ1n) is 8.33. The van der Waals surface area contributed by atoms with Gasteiger partial charge in [0, 0.05) is 13.1 Å². The van der Waals surface area contributed by atoms with E-state index in [4.69, 9.17) is 16.3 Å². The van der Waals surface area contributed by atoms with Gasteiger partial charge in [0.1, 0.15) is 18.1 Å². The molecule has 3 aromatic rings. The van der Waals surface area contributed by atoms with Crippen LogP contribution in [0.4, 0.5) is 0 Å². The third-order valence-electron chi connectivity index (χ3n) is 4.32. The fourth-order valence-corrected chi connectivity index (χ4v) is 3.04. The molecule has 4 rings (SSSR count). The van der Waals surface area contributed by atoms with E-state index >= 15 is 0 Å². The number of aromatic nitrogens is 3. The first-order valence-corrected chi connectivity index (χ1v) is 8.71. The molecule has 2 heterocycles. The van der Waals surface area contributed by atoms with Gasteiger partial charge < -0.3 is 9.64 Å². The molecule has 0 radical (unpaired) electrons. The lowest BCUT2D eigenvalue weighted by Crippen LogP contribution is -2.51. The Hall–Kier alpha value is -2.86. The first kappa shape index (κ1) is 16.6. The van der Waals surface area contributed by atoms with Gasteiger partial charge in [0.2, 0.25) is 0 Å². The van der Waals surface area contributed by atoms with Crippen LogP contribution >= 0.6 is 11.6 Å². The molecule has 132 valence electrons. The maximum absolute atomic E-state index is 12.5. The van der Waals surface area contributed by atoms with Crippen molar-refractivity contribution in [3.63, 3.8) is 0 Å². The fourth-order valence-electron chi connectivity index (χ4n) is 2.83. The third-order valence-corrected chi connectivity index (χ3v) is 4.65. The van der Waals surface area contributed by atoms with E-state index in [1.807, 2.05) is 48.7 Å². The average molecular weight is 369 g/mol. The maximum Gasteiger partial charge on any atom is 0.255 e. The predicted octanol–water partition coefficient (Wildman–Crippen LogP) is 3.21. The standard InChI is InChI=1S/C19H17ClN4O2/c20-18-9-5-4-8-17(18)19(25)23-11-15(12-23)24-10-14(21-22-24)13-26-16-6-2-1-3-7-16/h1-10,15H,11-13H2. The van der Waals surface area contributed by atoms with Crippen LogP contribution in [0.15, 0.2) is 60.8 Å². The van der Waals surface area contributed by atoms with Gasteiger partial charge in [-0.1, -0.05) is 47.1 Å². The predicted molar refractivity (Wildman–Crippen MR) is 97.2 cm³/mol. The lowest BCUT2D eigenvalue weighted by Gasteiger charge is -2.39. The fraction of sp³-hybridized carbons (Fsp3) is 0.211. The summed E-state index contributed by atoms with van der Waals surface area (Å²) in [5.74, 6) is 0.738. The summed E-state index contributed by atoms with van der Waals surface area (Å²) in [6.07, 6.45) is 1.87. The van der Waals surface area contributed by atoms with E-state index in [0.29, 0.717) is 30.3 Å². The monoisotopic (exact) mass is 368 g/mol. The summed E-state index contributed by atoms with van der Waals surface area (Å²) in [4.78, 5) is 14.2. The number of rotatable bonds is 5. The Bertz CT molecular complexity index is 907. The molecule has 0 N–H and O–H groups in total. The van der Waals surface area contributed by atoms with Gasteiger partial charge in [-0.15, -0.1) is 5.10 Å². The zero-order chi connectivity index (χ0) is 17.9. The number of halogens is 1. The Labute approximate surface area is 155 Å². The normalized spacial score (nSPS) is 14.1. The minimum absolute atomic E-state index is 0.0559. The highest BCUT2D eigenvalue weighted by molar-refractivity contribution is 6.33. The zero-order valence-electron chi connectivity index (χ0n) is 14.0. The van der Waals surface area contributed by atoms with Crippen molar-refractivity contribution in [1.29, 1.82) is 0 Å². The molecule has 0 saturated carbocycles. The number of carbonyl (C=O) groups is 1. The highest BCUT2D eigenvalue weighted by atomic mass is 35.5. The number of para-hydroxylation sites is 1. The summed E-state index contributed by atoms with van der Waals surface area (Å²) < 4.78 is 7.46. The quantitative estimate of drug-likeness (QED) is 0.693. The van der Waals surface area contributed by atoms with Crippen LogP contribution in [0, 0.1) is 0 Å². The average Bonchev–Trinajstić information content (AvgIpc) is 3.08. The number of likely N-dealkylation sites (tertiary alicyclic amines) is 1. The summed E-state index contributed by atoms with van der Waals surface area (Å²) in [6.45, 7) is 1.54. The number of hydrogen-bond acceptors (Lipinski definition) is 4. The lowest BCUT2D eigenvalue weighted by molar-refractivity contribution is 0.0498. The molecule has 0 atom stereocenters. The van der Waals surface area contributed by atoms with Crippen LogP contribution in [0.3, 0.4) is 0 Å². The summed E-state index contributed by atoms with van der Waals surface area (Å²) in [6, 6.07) is 16.8. The van der Waals surface area contributed by atoms with Gasteiger partial charge in [-0.2, -0.15) is 0 Å². The van der Waals surface area contributed by atoms with Gasteiger partial charge in [-0.25, -0.2) is 4.68 Å². The summed E-state index contributed by atoms with van der Waals surface area (Å²) in [5.41, 5.74) is 1.29. The van der Waals surface area contributed by atoms with Crippen molar-refractivity contribution in [2.45, 2.75) is 12.6 Å². The molecular weight excluding hydrogens is 352 g/mol. The Morgan fingerprint density at radius 1 is 1.12 bits per heavy atom. The van der Waals surface area contributed by atoms with E-state index in [-0.39, 0.29) is 11.9 Å². The third kappa shape index (κ3) is 3.41. The van der Waals surface area contributed by atoms with Gasteiger partial charge >= 0.3 is 0 Å². The molecule has 1 saturated heterocycles. The number of hydrogen-bond donors (Lipinski definition) is 0. The Morgan fingerprint density at radius 3 is 2.62 bits per heavy atom. The van der Waals surface area contributed by atoms with Gasteiger partial charge in [-0.05, 0) is 24.3 Å². The number of carbonyl (C=O) groups excluding carboxylic acids is 1. The van der Waals surface area contributed by atoms with Crippen molar-refractivity contribution >= 4 is 17.5 Å². The summed E-state index contributed by atoms with van der Waals surface area (Å²) >= 11 is 6.10. The highest BCUT2D eigenvalue weighted by Crippen LogP contribution is 2.25. The number of benzene rings is 2. The van der Waals surface area contributed by atoms with Gasteiger partial charge in [0.05, 0.1) is 22.8 Å². The lowest BCUT2D eigenvalue weighted by atomic mass is 10.1. The molecular formula is C19H17ClN4O2. The van der Waals surface area contributed by atoms with Crippen molar-refractivity contribution in [2.75, 3.05) is 13.1 Å². The van der Waals surface area contributed by atoms with Crippen molar-refractivity contribution < 1.29 is 9.53 Å². The number of nitrogens with zero attached hydrogens (tertiary/aromatic N) is 4. The Kier molecular flexibility index (Phi) is 4.58. The molecule has 1 fully saturated rings. The Morgan fingerprint density at radius 2 is 1.85 bits per heavy atom. The van der Waals surface area contributed by atoms with E-state index in [0.717, 1.165) is 11.4 Å². The van der Waals surface area contributed by atoms with Gasteiger partial charge in [0.15, 0.2) is 0 Å². The summed E-state index contributed by atoms with van der Waals surface area (Å²) in [5, 5.41) is 8.77. The van der Waals surface area contributed by atoms with E-state index in [9.17, 15) is 4.79 Å². The van der Waals surface area contributed by atoms with Crippen molar-refractivity contribution in [1.82, 2.24) is 19.9 Å². The molecule has 6 nitrogen and oxygen atoms in total. The van der Waals surface area contributed by atoms with E-state index in [2.05, 4.69) is 10.3 Å². The summed E-state index contributed by atoms with van der Waals surface area (Å²) in [7, 11) is 0. The van der Waals surface area contributed by atoms with E-state index in [1.54, 1.807) is 21.7 Å². The van der Waals surface area contributed by atoms with Crippen molar-refractivity contribution in [3.8, 4) is 5.75 Å². The van der Waals surface area contributed by atoms with Crippen LogP contribution < -0.4 is 4.74 Å². The van der Waals surface area contributed by atoms with E-state index in [1.165, 1.54) is 0 Å². The second kappa shape index (κ2) is 7.17. The molecule has 0 unspecified atom stereocenters. The number of amides is 1. The van der Waals surface area contributed by atoms with Crippen molar-refractivity contribution in [3.05, 3.63) is 77.1 Å². The second-order valence-corrected chi connectivity index (χ2v) is 6.54. The SMILES string of the molecule is O=C(c1ccccc1Cl)N1CC(n2cc(COc3ccccc3)nn2)C1. The second-order valence-electron chi connectivity index (χ2n) is 6.14. The molecule has 0 bridgehead atoms. The van der Waals surface area contributed by atoms with E-state index < -0.39 is 0 Å². The first-order chi connectivity index (χ1) is 12.7. The Balaban J connectivity index is 1.33.